The zero-order valence-electron chi connectivity index (χ0n) is 14.9. The molecule has 0 spiro atoms. The Morgan fingerprint density at radius 1 is 0.815 bits per heavy atom. The first kappa shape index (κ1) is 17.4. The number of carbonyl (C=O) groups excluding carboxylic acids is 1. The quantitative estimate of drug-likeness (QED) is 0.450. The smallest absolute Gasteiger partial charge is 0.229 e. The number of benzene rings is 3. The van der Waals surface area contributed by atoms with Crippen molar-refractivity contribution in [3.05, 3.63) is 96.1 Å². The maximum absolute atomic E-state index is 13.1. The third kappa shape index (κ3) is 4.23. The third-order valence-corrected chi connectivity index (χ3v) is 5.53. The summed E-state index contributed by atoms with van der Waals surface area (Å²) in [6.45, 7) is 0.536. The zero-order valence-corrected chi connectivity index (χ0v) is 15.7. The summed E-state index contributed by atoms with van der Waals surface area (Å²) in [6.07, 6.45) is 1.20. The molecular weight excluding hydrogens is 352 g/mol. The van der Waals surface area contributed by atoms with Crippen molar-refractivity contribution in [3.63, 3.8) is 0 Å². The third-order valence-electron chi connectivity index (χ3n) is 4.47. The van der Waals surface area contributed by atoms with Crippen LogP contribution in [-0.2, 0) is 17.8 Å². The number of thiazole rings is 1. The van der Waals surface area contributed by atoms with Crippen LogP contribution >= 0.6 is 11.3 Å². The first-order valence-corrected chi connectivity index (χ1v) is 9.85. The Morgan fingerprint density at radius 2 is 1.44 bits per heavy atom. The van der Waals surface area contributed by atoms with Gasteiger partial charge in [0, 0.05) is 6.42 Å². The fraction of sp³-hybridized carbons (Fsp3) is 0.130. The average Bonchev–Trinajstić information content (AvgIpc) is 3.15. The molecule has 4 rings (SSSR count). The highest BCUT2D eigenvalue weighted by Gasteiger charge is 2.20. The molecule has 0 radical (unpaired) electrons. The van der Waals surface area contributed by atoms with Crippen LogP contribution in [0.4, 0.5) is 5.13 Å². The summed E-state index contributed by atoms with van der Waals surface area (Å²) in [4.78, 5) is 19.6. The molecule has 27 heavy (non-hydrogen) atoms. The summed E-state index contributed by atoms with van der Waals surface area (Å²) in [5.41, 5.74) is 3.21. The van der Waals surface area contributed by atoms with Crippen LogP contribution in [-0.4, -0.2) is 10.9 Å². The van der Waals surface area contributed by atoms with Gasteiger partial charge in [-0.25, -0.2) is 4.98 Å². The van der Waals surface area contributed by atoms with E-state index in [1.165, 1.54) is 5.56 Å². The summed E-state index contributed by atoms with van der Waals surface area (Å²) >= 11 is 1.57. The van der Waals surface area contributed by atoms with E-state index < -0.39 is 0 Å². The van der Waals surface area contributed by atoms with Crippen molar-refractivity contribution in [2.24, 2.45) is 0 Å². The van der Waals surface area contributed by atoms with Crippen molar-refractivity contribution in [1.29, 1.82) is 0 Å². The van der Waals surface area contributed by atoms with Crippen molar-refractivity contribution < 1.29 is 4.79 Å². The van der Waals surface area contributed by atoms with Gasteiger partial charge in [-0.15, -0.1) is 0 Å². The number of hydrogen-bond acceptors (Lipinski definition) is 3. The molecule has 0 aliphatic heterocycles. The molecule has 1 amide bonds. The minimum absolute atomic E-state index is 0.0989. The largest absolute Gasteiger partial charge is 0.284 e. The van der Waals surface area contributed by atoms with Gasteiger partial charge in [-0.1, -0.05) is 84.1 Å². The van der Waals surface area contributed by atoms with E-state index in [9.17, 15) is 4.79 Å². The van der Waals surface area contributed by atoms with Crippen LogP contribution in [0.1, 0.15) is 17.5 Å². The molecule has 4 heteroatoms. The van der Waals surface area contributed by atoms with Gasteiger partial charge in [-0.2, -0.15) is 0 Å². The van der Waals surface area contributed by atoms with E-state index >= 15 is 0 Å². The minimum atomic E-state index is 0.0989. The Morgan fingerprint density at radius 3 is 2.15 bits per heavy atom. The molecule has 0 saturated carbocycles. The molecule has 0 fully saturated rings. The van der Waals surface area contributed by atoms with Gasteiger partial charge in [0.1, 0.15) is 0 Å². The van der Waals surface area contributed by atoms with Gasteiger partial charge >= 0.3 is 0 Å². The van der Waals surface area contributed by atoms with E-state index in [0.29, 0.717) is 13.0 Å². The Bertz CT molecular complexity index is 995. The maximum atomic E-state index is 13.1. The molecule has 134 valence electrons. The number of rotatable bonds is 6. The molecule has 0 aliphatic carbocycles. The van der Waals surface area contributed by atoms with Crippen LogP contribution < -0.4 is 4.90 Å². The summed E-state index contributed by atoms with van der Waals surface area (Å²) in [6, 6.07) is 28.2. The lowest BCUT2D eigenvalue weighted by molar-refractivity contribution is -0.118. The highest BCUT2D eigenvalue weighted by atomic mass is 32.1. The second-order valence-electron chi connectivity index (χ2n) is 6.42. The Kier molecular flexibility index (Phi) is 5.26. The minimum Gasteiger partial charge on any atom is -0.284 e. The molecule has 0 saturated heterocycles. The second-order valence-corrected chi connectivity index (χ2v) is 7.42. The zero-order chi connectivity index (χ0) is 18.5. The number of nitrogens with zero attached hydrogens (tertiary/aromatic N) is 2. The molecule has 4 aromatic rings. The molecule has 0 unspecified atom stereocenters. The molecule has 1 aromatic heterocycles. The van der Waals surface area contributed by atoms with E-state index in [-0.39, 0.29) is 5.91 Å². The molecule has 0 atom stereocenters. The Balaban J connectivity index is 1.59. The van der Waals surface area contributed by atoms with E-state index in [2.05, 4.69) is 12.1 Å². The first-order valence-electron chi connectivity index (χ1n) is 9.03. The van der Waals surface area contributed by atoms with E-state index in [4.69, 9.17) is 4.98 Å². The Hall–Kier alpha value is -2.98. The number of para-hydroxylation sites is 1. The van der Waals surface area contributed by atoms with Crippen molar-refractivity contribution in [2.75, 3.05) is 4.90 Å². The molecule has 0 aliphatic rings. The predicted molar refractivity (Wildman–Crippen MR) is 112 cm³/mol. The van der Waals surface area contributed by atoms with E-state index in [1.54, 1.807) is 11.3 Å². The average molecular weight is 372 g/mol. The van der Waals surface area contributed by atoms with Crippen LogP contribution in [0.25, 0.3) is 10.2 Å². The van der Waals surface area contributed by atoms with Gasteiger partial charge < -0.3 is 0 Å². The van der Waals surface area contributed by atoms with Gasteiger partial charge in [0.25, 0.3) is 0 Å². The van der Waals surface area contributed by atoms with Gasteiger partial charge in [0.05, 0.1) is 16.8 Å². The molecular formula is C23H20N2OS. The van der Waals surface area contributed by atoms with Crippen molar-refractivity contribution in [3.8, 4) is 0 Å². The van der Waals surface area contributed by atoms with Crippen molar-refractivity contribution in [1.82, 2.24) is 4.98 Å². The standard InChI is InChI=1S/C23H20N2OS/c26-22(16-15-18-9-3-1-4-10-18)25(17-19-11-5-2-6-12-19)23-24-20-13-7-8-14-21(20)27-23/h1-14H,15-17H2. The lowest BCUT2D eigenvalue weighted by atomic mass is 10.1. The highest BCUT2D eigenvalue weighted by Crippen LogP contribution is 2.30. The molecule has 3 aromatic carbocycles. The number of fused-ring (bicyclic) bond motifs is 1. The topological polar surface area (TPSA) is 33.2 Å². The molecule has 1 heterocycles. The van der Waals surface area contributed by atoms with E-state index in [0.717, 1.165) is 27.3 Å². The first-order chi connectivity index (χ1) is 13.3. The number of hydrogen-bond donors (Lipinski definition) is 0. The van der Waals surface area contributed by atoms with Gasteiger partial charge in [0.15, 0.2) is 5.13 Å². The second kappa shape index (κ2) is 8.14. The van der Waals surface area contributed by atoms with Crippen LogP contribution in [0.2, 0.25) is 0 Å². The number of anilines is 1. The highest BCUT2D eigenvalue weighted by molar-refractivity contribution is 7.22. The van der Waals surface area contributed by atoms with Gasteiger partial charge in [-0.3, -0.25) is 9.69 Å². The van der Waals surface area contributed by atoms with Crippen molar-refractivity contribution in [2.45, 2.75) is 19.4 Å². The van der Waals surface area contributed by atoms with Crippen LogP contribution in [0.15, 0.2) is 84.9 Å². The van der Waals surface area contributed by atoms with Gasteiger partial charge in [-0.05, 0) is 29.7 Å². The Labute approximate surface area is 162 Å². The lowest BCUT2D eigenvalue weighted by Gasteiger charge is -2.20. The van der Waals surface area contributed by atoms with E-state index in [1.807, 2.05) is 77.7 Å². The molecule has 0 bridgehead atoms. The fourth-order valence-electron chi connectivity index (χ4n) is 3.03. The predicted octanol–water partition coefficient (Wildman–Crippen LogP) is 5.46. The van der Waals surface area contributed by atoms with Crippen LogP contribution in [0.5, 0.6) is 0 Å². The fourth-order valence-corrected chi connectivity index (χ4v) is 4.02. The summed E-state index contributed by atoms with van der Waals surface area (Å²) < 4.78 is 1.10. The number of carbonyl (C=O) groups is 1. The number of aromatic nitrogens is 1. The lowest BCUT2D eigenvalue weighted by Crippen LogP contribution is -2.30. The molecule has 0 N–H and O–H groups in total. The van der Waals surface area contributed by atoms with Crippen molar-refractivity contribution >= 4 is 32.6 Å². The van der Waals surface area contributed by atoms with Crippen LogP contribution in [0.3, 0.4) is 0 Å². The van der Waals surface area contributed by atoms with Crippen LogP contribution in [0, 0.1) is 0 Å². The SMILES string of the molecule is O=C(CCc1ccccc1)N(Cc1ccccc1)c1nc2ccccc2s1. The normalized spacial score (nSPS) is 10.8. The number of amides is 1. The molecule has 3 nitrogen and oxygen atoms in total. The monoisotopic (exact) mass is 372 g/mol. The maximum Gasteiger partial charge on any atom is 0.229 e. The number of aryl methyl sites for hydroxylation is 1. The summed E-state index contributed by atoms with van der Waals surface area (Å²) in [5, 5.41) is 0.762. The summed E-state index contributed by atoms with van der Waals surface area (Å²) in [7, 11) is 0. The van der Waals surface area contributed by atoms with Gasteiger partial charge in [0.2, 0.25) is 5.91 Å². The summed E-state index contributed by atoms with van der Waals surface area (Å²) in [5.74, 6) is 0.0989.